The molecule has 0 spiro atoms. The molecule has 0 saturated carbocycles. The zero-order valence-corrected chi connectivity index (χ0v) is 23.8. The van der Waals surface area contributed by atoms with E-state index in [1.165, 1.54) is 6.07 Å². The van der Waals surface area contributed by atoms with E-state index in [0.29, 0.717) is 41.3 Å². The molecule has 2 atom stereocenters. The summed E-state index contributed by atoms with van der Waals surface area (Å²) >= 11 is 12.3. The van der Waals surface area contributed by atoms with Crippen LogP contribution >= 0.6 is 23.2 Å². The van der Waals surface area contributed by atoms with Gasteiger partial charge < -0.3 is 4.90 Å². The van der Waals surface area contributed by atoms with Crippen LogP contribution in [0.5, 0.6) is 0 Å². The van der Waals surface area contributed by atoms with E-state index in [0.717, 1.165) is 30.7 Å². The van der Waals surface area contributed by atoms with Crippen LogP contribution in [0, 0.1) is 17.0 Å². The maximum absolute atomic E-state index is 14.4. The summed E-state index contributed by atoms with van der Waals surface area (Å²) in [5.41, 5.74) is 1.60. The number of hydrogen-bond acceptors (Lipinski definition) is 1. The smallest absolute Gasteiger partial charge is 0.234 e. The van der Waals surface area contributed by atoms with E-state index >= 15 is 0 Å². The van der Waals surface area contributed by atoms with Crippen molar-refractivity contribution < 1.29 is 22.4 Å². The van der Waals surface area contributed by atoms with Gasteiger partial charge in [0.25, 0.3) is 0 Å². The van der Waals surface area contributed by atoms with Gasteiger partial charge in [0.05, 0.1) is 11.5 Å². The summed E-state index contributed by atoms with van der Waals surface area (Å²) < 4.78 is 49.1. The zero-order chi connectivity index (χ0) is 29.3. The van der Waals surface area contributed by atoms with Gasteiger partial charge in [0.1, 0.15) is 12.2 Å². The number of allylic oxidation sites excluding steroid dienone is 3. The Bertz CT molecular complexity index is 1340. The highest BCUT2D eigenvalue weighted by Gasteiger charge is 2.47. The highest BCUT2D eigenvalue weighted by atomic mass is 35.5. The molecule has 2 nitrogen and oxygen atoms in total. The molecule has 0 radical (unpaired) electrons. The largest absolute Gasteiger partial charge is 0.304 e. The number of amides is 1. The van der Waals surface area contributed by atoms with Crippen LogP contribution in [-0.2, 0) is 11.2 Å². The molecule has 0 aliphatic carbocycles. The average molecular weight is 593 g/mol. The first-order chi connectivity index (χ1) is 19.1. The minimum absolute atomic E-state index is 0.0275. The van der Waals surface area contributed by atoms with Crippen LogP contribution in [0.1, 0.15) is 56.7 Å². The number of anilines is 1. The Morgan fingerprint density at radius 3 is 2.15 bits per heavy atom. The van der Waals surface area contributed by atoms with Crippen molar-refractivity contribution in [3.8, 4) is 0 Å². The lowest BCUT2D eigenvalue weighted by Gasteiger charge is -2.46. The van der Waals surface area contributed by atoms with Gasteiger partial charge >= 0.3 is 0 Å². The molecule has 2 unspecified atom stereocenters. The molecule has 1 aliphatic rings. The van der Waals surface area contributed by atoms with Gasteiger partial charge in [-0.1, -0.05) is 53.6 Å². The van der Waals surface area contributed by atoms with Gasteiger partial charge in [-0.3, -0.25) is 4.79 Å². The lowest BCUT2D eigenvalue weighted by Crippen LogP contribution is -2.51. The third kappa shape index (κ3) is 7.98. The molecule has 0 N–H and O–H groups in total. The molecular weight excluding hydrogens is 561 g/mol. The van der Waals surface area contributed by atoms with Crippen molar-refractivity contribution in [3.63, 3.8) is 0 Å². The van der Waals surface area contributed by atoms with Crippen LogP contribution in [0.4, 0.5) is 23.2 Å². The molecule has 1 saturated heterocycles. The number of carbonyl (C=O) groups excluding carboxylic acids is 1. The second-order valence-corrected chi connectivity index (χ2v) is 10.6. The summed E-state index contributed by atoms with van der Waals surface area (Å²) in [4.78, 5) is 16.3. The molecule has 1 fully saturated rings. The van der Waals surface area contributed by atoms with Crippen LogP contribution in [0.3, 0.4) is 0 Å². The fraction of sp³-hybridized carbons (Fsp3) is 0.281. The number of carbonyl (C=O) groups is 1. The molecule has 1 heterocycles. The number of halogens is 6. The Balaban J connectivity index is 0.000000810. The molecule has 8 heteroatoms. The lowest BCUT2D eigenvalue weighted by molar-refractivity contribution is -0.132. The van der Waals surface area contributed by atoms with Gasteiger partial charge in [0.15, 0.2) is 11.6 Å². The van der Waals surface area contributed by atoms with Crippen LogP contribution < -0.4 is 4.90 Å². The maximum Gasteiger partial charge on any atom is 0.234 e. The average Bonchev–Trinajstić information content (AvgIpc) is 2.94. The molecule has 212 valence electrons. The summed E-state index contributed by atoms with van der Waals surface area (Å²) in [5.74, 6) is -2.61. The number of nitrogens with zero attached hydrogens (tertiary/aromatic N) is 1. The van der Waals surface area contributed by atoms with E-state index in [4.69, 9.17) is 23.2 Å². The first-order valence-corrected chi connectivity index (χ1v) is 13.7. The summed E-state index contributed by atoms with van der Waals surface area (Å²) in [6.45, 7) is 2.99. The topological polar surface area (TPSA) is 20.3 Å². The van der Waals surface area contributed by atoms with Gasteiger partial charge in [-0.15, -0.1) is 0 Å². The highest BCUT2D eigenvalue weighted by molar-refractivity contribution is 6.30. The predicted molar refractivity (Wildman–Crippen MR) is 155 cm³/mol. The van der Waals surface area contributed by atoms with Gasteiger partial charge in [-0.05, 0) is 106 Å². The SMILES string of the molecule is C/C(F)=C/F.C/C=C\CCC1(Cc2ccc(F)c(F)c2)CCC(c2ccc(Cl)cc2)N(c2ccc(Cl)cc2)C1=O. The number of hydrogen-bond donors (Lipinski definition) is 0. The van der Waals surface area contributed by atoms with Gasteiger partial charge in [-0.25, -0.2) is 17.6 Å². The Labute approximate surface area is 242 Å². The van der Waals surface area contributed by atoms with Crippen molar-refractivity contribution >= 4 is 34.8 Å². The second kappa shape index (κ2) is 14.5. The summed E-state index contributed by atoms with van der Waals surface area (Å²) in [6, 6.07) is 18.5. The van der Waals surface area contributed by atoms with Crippen molar-refractivity contribution in [2.75, 3.05) is 4.90 Å². The fourth-order valence-corrected chi connectivity index (χ4v) is 5.25. The predicted octanol–water partition coefficient (Wildman–Crippen LogP) is 10.5. The summed E-state index contributed by atoms with van der Waals surface area (Å²) in [5, 5.41) is 1.22. The Kier molecular flexibility index (Phi) is 11.4. The highest BCUT2D eigenvalue weighted by Crippen LogP contribution is 2.47. The standard InChI is InChI=1S/C29H27Cl2F2NO.C3H4F2/c1-2-3-4-16-29(19-20-5-14-25(32)26(33)18-20)17-15-27(21-6-8-22(30)9-7-21)34(28(29)35)24-12-10-23(31)11-13-24;1-3(5)2-4/h2-3,5-14,18,27H,4,15-17,19H2,1H3;2H,1H3/b2*3-2-. The van der Waals surface area contributed by atoms with E-state index in [1.807, 2.05) is 60.4 Å². The van der Waals surface area contributed by atoms with Crippen LogP contribution in [0.2, 0.25) is 10.0 Å². The quantitative estimate of drug-likeness (QED) is 0.197. The van der Waals surface area contributed by atoms with Crippen molar-refractivity contribution in [2.24, 2.45) is 5.41 Å². The van der Waals surface area contributed by atoms with Crippen molar-refractivity contribution in [2.45, 2.75) is 52.0 Å². The first-order valence-electron chi connectivity index (χ1n) is 12.9. The molecule has 40 heavy (non-hydrogen) atoms. The normalized spacial score (nSPS) is 19.5. The molecule has 1 amide bonds. The molecule has 4 rings (SSSR count). The third-order valence-corrected chi connectivity index (χ3v) is 7.45. The van der Waals surface area contributed by atoms with Crippen LogP contribution in [0.15, 0.2) is 91.0 Å². The molecular formula is C32H31Cl2F4NO. The summed E-state index contributed by atoms with van der Waals surface area (Å²) in [6.07, 6.45) is 6.91. The van der Waals surface area contributed by atoms with Crippen LogP contribution in [-0.4, -0.2) is 5.91 Å². The van der Waals surface area contributed by atoms with E-state index in [1.54, 1.807) is 18.2 Å². The monoisotopic (exact) mass is 591 g/mol. The van der Waals surface area contributed by atoms with Gasteiger partial charge in [-0.2, -0.15) is 0 Å². The summed E-state index contributed by atoms with van der Waals surface area (Å²) in [7, 11) is 0. The maximum atomic E-state index is 14.4. The minimum atomic E-state index is -0.900. The second-order valence-electron chi connectivity index (χ2n) is 9.77. The van der Waals surface area contributed by atoms with E-state index < -0.39 is 22.9 Å². The zero-order valence-electron chi connectivity index (χ0n) is 22.3. The molecule has 3 aromatic rings. The lowest BCUT2D eigenvalue weighted by atomic mass is 9.69. The number of rotatable bonds is 7. The molecule has 0 aromatic heterocycles. The first kappa shape index (κ1) is 31.4. The molecule has 1 aliphatic heterocycles. The van der Waals surface area contributed by atoms with E-state index in [9.17, 15) is 22.4 Å². The fourth-order valence-electron chi connectivity index (χ4n) is 5.00. The van der Waals surface area contributed by atoms with Crippen molar-refractivity contribution in [1.82, 2.24) is 0 Å². The van der Waals surface area contributed by atoms with Gasteiger partial charge in [0, 0.05) is 15.7 Å². The minimum Gasteiger partial charge on any atom is -0.304 e. The Morgan fingerprint density at radius 2 is 1.60 bits per heavy atom. The van der Waals surface area contributed by atoms with Gasteiger partial charge in [0.2, 0.25) is 5.91 Å². The molecule has 0 bridgehead atoms. The van der Waals surface area contributed by atoms with E-state index in [-0.39, 0.29) is 18.3 Å². The molecule has 3 aromatic carbocycles. The Hall–Kier alpha value is -3.09. The van der Waals surface area contributed by atoms with Crippen molar-refractivity contribution in [1.29, 1.82) is 0 Å². The third-order valence-electron chi connectivity index (χ3n) is 6.94. The number of piperidine rings is 1. The number of benzene rings is 3. The van der Waals surface area contributed by atoms with Crippen LogP contribution in [0.25, 0.3) is 0 Å². The van der Waals surface area contributed by atoms with E-state index in [2.05, 4.69) is 0 Å². The van der Waals surface area contributed by atoms with Crippen molar-refractivity contribution in [3.05, 3.63) is 124 Å². The Morgan fingerprint density at radius 1 is 1.00 bits per heavy atom.